The molecule has 0 unspecified atom stereocenters. The molecular formula is C24H34N4O3. The van der Waals surface area contributed by atoms with E-state index >= 15 is 0 Å². The lowest BCUT2D eigenvalue weighted by atomic mass is 10.1. The van der Waals surface area contributed by atoms with Crippen molar-refractivity contribution in [3.8, 4) is 11.6 Å². The first kappa shape index (κ1) is 20.8. The lowest BCUT2D eigenvalue weighted by Crippen LogP contribution is -2.28. The van der Waals surface area contributed by atoms with Gasteiger partial charge in [-0.3, -0.25) is 4.98 Å². The van der Waals surface area contributed by atoms with Crippen molar-refractivity contribution in [1.82, 2.24) is 14.9 Å². The van der Waals surface area contributed by atoms with Gasteiger partial charge in [-0.25, -0.2) is 4.98 Å². The van der Waals surface area contributed by atoms with Gasteiger partial charge in [0.1, 0.15) is 5.52 Å². The Bertz CT molecular complexity index is 908. The fraction of sp³-hybridized carbons (Fsp3) is 0.667. The molecule has 0 radical (unpaired) electrons. The maximum atomic E-state index is 6.11. The molecular weight excluding hydrogens is 392 g/mol. The topological polar surface area (TPSA) is 68.7 Å². The van der Waals surface area contributed by atoms with E-state index in [9.17, 15) is 0 Å². The van der Waals surface area contributed by atoms with Crippen LogP contribution in [0, 0.1) is 0 Å². The minimum atomic E-state index is 0.415. The van der Waals surface area contributed by atoms with Crippen molar-refractivity contribution in [2.24, 2.45) is 0 Å². The van der Waals surface area contributed by atoms with Crippen molar-refractivity contribution in [3.63, 3.8) is 0 Å². The number of hydrogen-bond acceptors (Lipinski definition) is 7. The predicted octanol–water partition coefficient (Wildman–Crippen LogP) is 3.58. The number of ether oxygens (including phenoxy) is 3. The van der Waals surface area contributed by atoms with Gasteiger partial charge in [-0.05, 0) is 70.0 Å². The van der Waals surface area contributed by atoms with E-state index in [0.717, 1.165) is 75.0 Å². The van der Waals surface area contributed by atoms with Crippen LogP contribution in [0.15, 0.2) is 6.07 Å². The smallest absolute Gasteiger partial charge is 0.257 e. The highest BCUT2D eigenvalue weighted by Crippen LogP contribution is 2.38. The third kappa shape index (κ3) is 4.58. The standard InChI is InChI=1S/C24H34N4O3/c1-29-24-21(31-13-5-12-28-10-2-3-11-28)16-20-23(27-24)22(18-6-4-7-19(18)26-20)25-17-8-14-30-15-9-17/h16-17H,2-15H2,1H3,(H,25,26). The third-order valence-electron chi connectivity index (χ3n) is 6.76. The van der Waals surface area contributed by atoms with E-state index in [1.807, 2.05) is 6.07 Å². The molecule has 0 spiro atoms. The summed E-state index contributed by atoms with van der Waals surface area (Å²) in [5.41, 5.74) is 5.46. The van der Waals surface area contributed by atoms with Crippen LogP contribution in [0.5, 0.6) is 11.6 Å². The van der Waals surface area contributed by atoms with Gasteiger partial charge in [0, 0.05) is 37.6 Å². The molecule has 0 amide bonds. The van der Waals surface area contributed by atoms with Crippen LogP contribution in [0.3, 0.4) is 0 Å². The minimum Gasteiger partial charge on any atom is -0.488 e. The SMILES string of the molecule is COc1nc2c(NC3CCOCC3)c3c(nc2cc1OCCCN1CCCC1)CCC3. The maximum Gasteiger partial charge on any atom is 0.257 e. The van der Waals surface area contributed by atoms with Gasteiger partial charge in [0.25, 0.3) is 5.88 Å². The largest absolute Gasteiger partial charge is 0.488 e. The first-order valence-corrected chi connectivity index (χ1v) is 11.9. The average Bonchev–Trinajstić information content (AvgIpc) is 3.49. The molecule has 0 atom stereocenters. The van der Waals surface area contributed by atoms with E-state index in [-0.39, 0.29) is 0 Å². The first-order valence-electron chi connectivity index (χ1n) is 11.9. The Kier molecular flexibility index (Phi) is 6.41. The molecule has 2 saturated heterocycles. The van der Waals surface area contributed by atoms with Crippen LogP contribution in [0.1, 0.15) is 49.8 Å². The molecule has 0 bridgehead atoms. The van der Waals surface area contributed by atoms with Crippen molar-refractivity contribution < 1.29 is 14.2 Å². The zero-order chi connectivity index (χ0) is 21.0. The number of nitrogens with one attached hydrogen (secondary N) is 1. The Morgan fingerprint density at radius 2 is 1.97 bits per heavy atom. The number of aryl methyl sites for hydroxylation is 1. The lowest BCUT2D eigenvalue weighted by molar-refractivity contribution is 0.0904. The summed E-state index contributed by atoms with van der Waals surface area (Å²) in [5.74, 6) is 1.24. The van der Waals surface area contributed by atoms with Gasteiger partial charge < -0.3 is 24.4 Å². The normalized spacial score (nSPS) is 19.6. The number of pyridine rings is 2. The molecule has 2 aliphatic heterocycles. The van der Waals surface area contributed by atoms with Crippen molar-refractivity contribution >= 4 is 16.7 Å². The summed E-state index contributed by atoms with van der Waals surface area (Å²) in [4.78, 5) is 12.4. The average molecular weight is 427 g/mol. The summed E-state index contributed by atoms with van der Waals surface area (Å²) < 4.78 is 17.3. The number of methoxy groups -OCH3 is 1. The molecule has 1 N–H and O–H groups in total. The summed E-state index contributed by atoms with van der Waals surface area (Å²) >= 11 is 0. The van der Waals surface area contributed by atoms with Gasteiger partial charge in [0.2, 0.25) is 0 Å². The highest BCUT2D eigenvalue weighted by Gasteiger charge is 2.25. The fourth-order valence-corrected chi connectivity index (χ4v) is 5.07. The predicted molar refractivity (Wildman–Crippen MR) is 121 cm³/mol. The van der Waals surface area contributed by atoms with E-state index in [2.05, 4.69) is 10.2 Å². The van der Waals surface area contributed by atoms with Gasteiger partial charge >= 0.3 is 0 Å². The maximum absolute atomic E-state index is 6.11. The molecule has 2 aromatic heterocycles. The summed E-state index contributed by atoms with van der Waals surface area (Å²) in [7, 11) is 1.66. The summed E-state index contributed by atoms with van der Waals surface area (Å²) in [5, 5.41) is 3.79. The zero-order valence-electron chi connectivity index (χ0n) is 18.6. The molecule has 7 nitrogen and oxygen atoms in total. The second-order valence-electron chi connectivity index (χ2n) is 8.91. The summed E-state index contributed by atoms with van der Waals surface area (Å²) in [6, 6.07) is 2.43. The van der Waals surface area contributed by atoms with E-state index < -0.39 is 0 Å². The van der Waals surface area contributed by atoms with E-state index in [1.54, 1.807) is 7.11 Å². The Morgan fingerprint density at radius 1 is 1.13 bits per heavy atom. The molecule has 31 heavy (non-hydrogen) atoms. The molecule has 0 aromatic carbocycles. The van der Waals surface area contributed by atoms with Crippen LogP contribution in [-0.4, -0.2) is 67.5 Å². The highest BCUT2D eigenvalue weighted by molar-refractivity contribution is 5.92. The van der Waals surface area contributed by atoms with E-state index in [0.29, 0.717) is 24.3 Å². The molecule has 2 fully saturated rings. The van der Waals surface area contributed by atoms with Crippen LogP contribution in [-0.2, 0) is 17.6 Å². The van der Waals surface area contributed by atoms with E-state index in [4.69, 9.17) is 24.2 Å². The Labute approximate surface area is 184 Å². The number of fused-ring (bicyclic) bond motifs is 2. The van der Waals surface area contributed by atoms with Gasteiger partial charge in [0.05, 0.1) is 24.9 Å². The molecule has 4 heterocycles. The Balaban J connectivity index is 1.39. The zero-order valence-corrected chi connectivity index (χ0v) is 18.6. The molecule has 168 valence electrons. The van der Waals surface area contributed by atoms with Crippen LogP contribution < -0.4 is 14.8 Å². The van der Waals surface area contributed by atoms with Gasteiger partial charge in [-0.1, -0.05) is 0 Å². The minimum absolute atomic E-state index is 0.415. The number of likely N-dealkylation sites (tertiary alicyclic amines) is 1. The summed E-state index contributed by atoms with van der Waals surface area (Å²) in [6.07, 6.45) is 8.94. The number of hydrogen-bond donors (Lipinski definition) is 1. The number of rotatable bonds is 8. The number of anilines is 1. The fourth-order valence-electron chi connectivity index (χ4n) is 5.07. The molecule has 2 aromatic rings. The number of aromatic nitrogens is 2. The van der Waals surface area contributed by atoms with E-state index in [1.165, 1.54) is 37.2 Å². The molecule has 7 heteroatoms. The quantitative estimate of drug-likeness (QED) is 0.647. The second kappa shape index (κ2) is 9.57. The number of nitrogens with zero attached hydrogens (tertiary/aromatic N) is 3. The van der Waals surface area contributed by atoms with Crippen molar-refractivity contribution in [1.29, 1.82) is 0 Å². The van der Waals surface area contributed by atoms with Crippen molar-refractivity contribution in [3.05, 3.63) is 17.3 Å². The Hall–Kier alpha value is -2.12. The Morgan fingerprint density at radius 3 is 2.77 bits per heavy atom. The lowest BCUT2D eigenvalue weighted by Gasteiger charge is -2.26. The van der Waals surface area contributed by atoms with Gasteiger partial charge in [-0.15, -0.1) is 0 Å². The third-order valence-corrected chi connectivity index (χ3v) is 6.76. The second-order valence-corrected chi connectivity index (χ2v) is 8.91. The van der Waals surface area contributed by atoms with Crippen LogP contribution >= 0.6 is 0 Å². The first-order chi connectivity index (χ1) is 15.3. The molecule has 0 saturated carbocycles. The van der Waals surface area contributed by atoms with Gasteiger partial charge in [-0.2, -0.15) is 0 Å². The molecule has 1 aliphatic carbocycles. The molecule has 3 aliphatic rings. The molecule has 5 rings (SSSR count). The van der Waals surface area contributed by atoms with Crippen molar-refractivity contribution in [2.45, 2.75) is 57.4 Å². The van der Waals surface area contributed by atoms with Crippen LogP contribution in [0.4, 0.5) is 5.69 Å². The van der Waals surface area contributed by atoms with Crippen molar-refractivity contribution in [2.75, 3.05) is 51.9 Å². The monoisotopic (exact) mass is 426 g/mol. The summed E-state index contributed by atoms with van der Waals surface area (Å²) in [6.45, 7) is 5.83. The van der Waals surface area contributed by atoms with Crippen LogP contribution in [0.25, 0.3) is 11.0 Å². The van der Waals surface area contributed by atoms with Crippen LogP contribution in [0.2, 0.25) is 0 Å². The van der Waals surface area contributed by atoms with Gasteiger partial charge in [0.15, 0.2) is 5.75 Å². The highest BCUT2D eigenvalue weighted by atomic mass is 16.5.